The van der Waals surface area contributed by atoms with Crippen molar-refractivity contribution in [3.05, 3.63) is 77.1 Å². The number of hydrogen-bond acceptors (Lipinski definition) is 7. The Bertz CT molecular complexity index is 1310. The molecule has 11 heteroatoms. The topological polar surface area (TPSA) is 129 Å². The second-order valence-corrected chi connectivity index (χ2v) is 9.52. The van der Waals surface area contributed by atoms with Gasteiger partial charge in [-0.15, -0.1) is 0 Å². The Hall–Kier alpha value is -4.06. The molecule has 2 heterocycles. The quantitative estimate of drug-likeness (QED) is 0.299. The Morgan fingerprint density at radius 2 is 1.72 bits per heavy atom. The van der Waals surface area contributed by atoms with E-state index in [-0.39, 0.29) is 24.9 Å². The van der Waals surface area contributed by atoms with Crippen molar-refractivity contribution in [1.82, 2.24) is 30.4 Å². The number of nitrogens with zero attached hydrogens (tertiary/aromatic N) is 5. The molecule has 2 aromatic carbocycles. The Labute approximate surface area is 228 Å². The first-order valence-electron chi connectivity index (χ1n) is 13.0. The highest BCUT2D eigenvalue weighted by Gasteiger charge is 2.25. The summed E-state index contributed by atoms with van der Waals surface area (Å²) in [5.74, 6) is -0.787. The number of hydrazine groups is 1. The summed E-state index contributed by atoms with van der Waals surface area (Å²) in [7, 11) is 1.76. The zero-order valence-corrected chi connectivity index (χ0v) is 22.7. The van der Waals surface area contributed by atoms with Crippen molar-refractivity contribution >= 4 is 23.4 Å². The maximum Gasteiger partial charge on any atom is 0.251 e. The van der Waals surface area contributed by atoms with Crippen LogP contribution in [0.3, 0.4) is 0 Å². The van der Waals surface area contributed by atoms with Gasteiger partial charge in [0.05, 0.1) is 30.5 Å². The number of aromatic nitrogens is 2. The standard InChI is InChI=1S/C28H36N8O3/c1-4-30-11-12-35(25-10-9-24(13-20(25)2)36-19-23(14-32-36)28(29)39)27(38)16-31-15-26(37)33(3)34-17-21-7-5-6-8-22(21)18-34/h5-10,13-14,19,30-31H,4,11-12,15-18H2,1-3H3,(H2,29,39). The van der Waals surface area contributed by atoms with Gasteiger partial charge < -0.3 is 16.0 Å². The van der Waals surface area contributed by atoms with E-state index >= 15 is 0 Å². The first-order valence-corrected chi connectivity index (χ1v) is 13.0. The number of anilines is 1. The Kier molecular flexibility index (Phi) is 9.07. The molecule has 0 radical (unpaired) electrons. The summed E-state index contributed by atoms with van der Waals surface area (Å²) >= 11 is 0. The first-order chi connectivity index (χ1) is 18.8. The average molecular weight is 533 g/mol. The number of hydrogen-bond donors (Lipinski definition) is 3. The maximum atomic E-state index is 13.3. The van der Waals surface area contributed by atoms with Gasteiger partial charge in [-0.2, -0.15) is 5.10 Å². The van der Waals surface area contributed by atoms with Gasteiger partial charge in [0, 0.05) is 45.1 Å². The molecule has 0 saturated carbocycles. The van der Waals surface area contributed by atoms with Crippen molar-refractivity contribution in [2.75, 3.05) is 44.7 Å². The molecule has 0 saturated heterocycles. The molecule has 4 N–H and O–H groups in total. The molecule has 0 fully saturated rings. The molecule has 0 bridgehead atoms. The van der Waals surface area contributed by atoms with Gasteiger partial charge in [-0.05, 0) is 48.4 Å². The molecule has 0 atom stereocenters. The fourth-order valence-electron chi connectivity index (χ4n) is 4.59. The van der Waals surface area contributed by atoms with Crippen molar-refractivity contribution in [3.8, 4) is 5.69 Å². The lowest BCUT2D eigenvalue weighted by Crippen LogP contribution is -2.47. The summed E-state index contributed by atoms with van der Waals surface area (Å²) in [6.07, 6.45) is 2.99. The van der Waals surface area contributed by atoms with Crippen LogP contribution in [0.4, 0.5) is 5.69 Å². The molecule has 4 rings (SSSR count). The molecule has 11 nitrogen and oxygen atoms in total. The largest absolute Gasteiger partial charge is 0.366 e. The summed E-state index contributed by atoms with van der Waals surface area (Å²) in [5, 5.41) is 14.1. The molecule has 39 heavy (non-hydrogen) atoms. The molecular formula is C28H36N8O3. The molecule has 0 unspecified atom stereocenters. The fourth-order valence-corrected chi connectivity index (χ4v) is 4.59. The van der Waals surface area contributed by atoms with Gasteiger partial charge in [0.15, 0.2) is 0 Å². The highest BCUT2D eigenvalue weighted by Crippen LogP contribution is 2.24. The van der Waals surface area contributed by atoms with Crippen LogP contribution in [0.1, 0.15) is 34.0 Å². The second-order valence-electron chi connectivity index (χ2n) is 9.52. The molecule has 0 aliphatic carbocycles. The average Bonchev–Trinajstić information content (AvgIpc) is 3.59. The Balaban J connectivity index is 1.38. The second kappa shape index (κ2) is 12.7. The minimum absolute atomic E-state index is 0.0221. The summed E-state index contributed by atoms with van der Waals surface area (Å²) in [4.78, 5) is 39.3. The number of benzene rings is 2. The normalized spacial score (nSPS) is 12.8. The zero-order valence-electron chi connectivity index (χ0n) is 22.7. The number of carbonyl (C=O) groups excluding carboxylic acids is 3. The SMILES string of the molecule is CCNCCN(C(=O)CNCC(=O)N(C)N1Cc2ccccc2C1)c1ccc(-n2cc(C(N)=O)cn2)cc1C. The van der Waals surface area contributed by atoms with Crippen LogP contribution in [-0.2, 0) is 22.7 Å². The Morgan fingerprint density at radius 3 is 2.33 bits per heavy atom. The monoisotopic (exact) mass is 532 g/mol. The van der Waals surface area contributed by atoms with Crippen LogP contribution >= 0.6 is 0 Å². The van der Waals surface area contributed by atoms with Crippen LogP contribution in [0.5, 0.6) is 0 Å². The highest BCUT2D eigenvalue weighted by molar-refractivity contribution is 5.96. The zero-order chi connectivity index (χ0) is 27.9. The van der Waals surface area contributed by atoms with Crippen molar-refractivity contribution in [2.45, 2.75) is 26.9 Å². The molecule has 3 aromatic rings. The summed E-state index contributed by atoms with van der Waals surface area (Å²) in [6, 6.07) is 13.8. The molecule has 0 spiro atoms. The molecule has 1 aliphatic heterocycles. The van der Waals surface area contributed by atoms with Gasteiger partial charge in [0.2, 0.25) is 5.91 Å². The lowest BCUT2D eigenvalue weighted by molar-refractivity contribution is -0.145. The first kappa shape index (κ1) is 28.0. The van der Waals surface area contributed by atoms with Gasteiger partial charge in [-0.25, -0.2) is 9.69 Å². The molecule has 3 amide bonds. The van der Waals surface area contributed by atoms with Crippen molar-refractivity contribution in [1.29, 1.82) is 0 Å². The number of likely N-dealkylation sites (N-methyl/N-ethyl adjacent to an activating group) is 2. The minimum atomic E-state index is -0.544. The number of nitrogens with one attached hydrogen (secondary N) is 2. The predicted molar refractivity (Wildman–Crippen MR) is 149 cm³/mol. The van der Waals surface area contributed by atoms with Gasteiger partial charge >= 0.3 is 0 Å². The third-order valence-corrected chi connectivity index (χ3v) is 6.83. The van der Waals surface area contributed by atoms with E-state index < -0.39 is 5.91 Å². The number of carbonyl (C=O) groups is 3. The van der Waals surface area contributed by atoms with E-state index in [1.165, 1.54) is 17.3 Å². The number of nitrogens with two attached hydrogens (primary N) is 1. The van der Waals surface area contributed by atoms with E-state index in [1.54, 1.807) is 27.8 Å². The summed E-state index contributed by atoms with van der Waals surface area (Å²) in [5.41, 5.74) is 10.5. The fraction of sp³-hybridized carbons (Fsp3) is 0.357. The van der Waals surface area contributed by atoms with E-state index in [9.17, 15) is 14.4 Å². The number of aryl methyl sites for hydroxylation is 1. The number of fused-ring (bicyclic) bond motifs is 1. The number of rotatable bonds is 12. The van der Waals surface area contributed by atoms with E-state index in [2.05, 4.69) is 27.9 Å². The highest BCUT2D eigenvalue weighted by atomic mass is 16.2. The van der Waals surface area contributed by atoms with E-state index in [1.807, 2.05) is 49.2 Å². The van der Waals surface area contributed by atoms with Gasteiger partial charge in [-0.3, -0.25) is 24.7 Å². The number of primary amides is 1. The maximum absolute atomic E-state index is 13.3. The molecular weight excluding hydrogens is 496 g/mol. The van der Waals surface area contributed by atoms with E-state index in [0.717, 1.165) is 23.5 Å². The van der Waals surface area contributed by atoms with Crippen molar-refractivity contribution < 1.29 is 14.4 Å². The van der Waals surface area contributed by atoms with E-state index in [4.69, 9.17) is 5.73 Å². The predicted octanol–water partition coefficient (Wildman–Crippen LogP) is 1.20. The van der Waals surface area contributed by atoms with Crippen LogP contribution in [-0.4, -0.2) is 77.3 Å². The number of amides is 3. The van der Waals surface area contributed by atoms with Crippen LogP contribution in [0.25, 0.3) is 5.69 Å². The lowest BCUT2D eigenvalue weighted by atomic mass is 10.1. The lowest BCUT2D eigenvalue weighted by Gasteiger charge is -2.28. The van der Waals surface area contributed by atoms with Crippen LogP contribution < -0.4 is 21.3 Å². The summed E-state index contributed by atoms with van der Waals surface area (Å²) in [6.45, 7) is 7.28. The third-order valence-electron chi connectivity index (χ3n) is 6.83. The molecule has 1 aliphatic rings. The minimum Gasteiger partial charge on any atom is -0.366 e. The van der Waals surface area contributed by atoms with E-state index in [0.29, 0.717) is 31.7 Å². The molecule has 1 aromatic heterocycles. The van der Waals surface area contributed by atoms with Gasteiger partial charge in [0.25, 0.3) is 11.8 Å². The van der Waals surface area contributed by atoms with Crippen LogP contribution in [0, 0.1) is 6.92 Å². The van der Waals surface area contributed by atoms with Crippen LogP contribution in [0.2, 0.25) is 0 Å². The molecule has 206 valence electrons. The van der Waals surface area contributed by atoms with Crippen molar-refractivity contribution in [2.24, 2.45) is 5.73 Å². The van der Waals surface area contributed by atoms with Gasteiger partial charge in [-0.1, -0.05) is 31.2 Å². The summed E-state index contributed by atoms with van der Waals surface area (Å²) < 4.78 is 1.57. The van der Waals surface area contributed by atoms with Crippen molar-refractivity contribution in [3.63, 3.8) is 0 Å². The smallest absolute Gasteiger partial charge is 0.251 e. The van der Waals surface area contributed by atoms with Crippen LogP contribution in [0.15, 0.2) is 54.9 Å². The third kappa shape index (κ3) is 6.69. The van der Waals surface area contributed by atoms with Gasteiger partial charge in [0.1, 0.15) is 0 Å². The Morgan fingerprint density at radius 1 is 1.03 bits per heavy atom.